The normalized spacial score (nSPS) is 14.4. The van der Waals surface area contributed by atoms with E-state index in [0.29, 0.717) is 6.54 Å². The van der Waals surface area contributed by atoms with Crippen molar-refractivity contribution in [1.82, 2.24) is 4.98 Å². The lowest BCUT2D eigenvalue weighted by Gasteiger charge is -2.30. The summed E-state index contributed by atoms with van der Waals surface area (Å²) in [6.07, 6.45) is 4.46. The van der Waals surface area contributed by atoms with Crippen LogP contribution in [-0.4, -0.2) is 17.4 Å². The molecule has 0 saturated carbocycles. The van der Waals surface area contributed by atoms with Gasteiger partial charge in [0.1, 0.15) is 11.5 Å². The number of hydrogen-bond donors (Lipinski definition) is 0. The fourth-order valence-electron chi connectivity index (χ4n) is 4.69. The van der Waals surface area contributed by atoms with Crippen LogP contribution in [0.4, 0.5) is 5.69 Å². The Morgan fingerprint density at radius 1 is 0.839 bits per heavy atom. The third-order valence-electron chi connectivity index (χ3n) is 6.18. The molecule has 0 atom stereocenters. The van der Waals surface area contributed by atoms with Crippen LogP contribution < -0.4 is 9.64 Å². The highest BCUT2D eigenvalue weighted by atomic mass is 16.5. The highest BCUT2D eigenvalue weighted by molar-refractivity contribution is 6.03. The van der Waals surface area contributed by atoms with Gasteiger partial charge in [-0.3, -0.25) is 9.78 Å². The van der Waals surface area contributed by atoms with Crippen molar-refractivity contribution in [3.8, 4) is 22.6 Å². The minimum absolute atomic E-state index is 0.0959. The van der Waals surface area contributed by atoms with Crippen LogP contribution in [0.5, 0.6) is 11.5 Å². The zero-order valence-electron chi connectivity index (χ0n) is 16.9. The van der Waals surface area contributed by atoms with Crippen molar-refractivity contribution in [2.45, 2.75) is 12.3 Å². The Bertz CT molecular complexity index is 1250. The number of nitrogens with zero attached hydrogens (tertiary/aromatic N) is 2. The van der Waals surface area contributed by atoms with Crippen molar-refractivity contribution in [3.63, 3.8) is 0 Å². The summed E-state index contributed by atoms with van der Waals surface area (Å²) >= 11 is 0. The average Bonchev–Trinajstić information content (AvgIpc) is 3.26. The lowest BCUT2D eigenvalue weighted by Crippen LogP contribution is -2.35. The second-order valence-electron chi connectivity index (χ2n) is 7.93. The smallest absolute Gasteiger partial charge is 0.239 e. The summed E-state index contributed by atoms with van der Waals surface area (Å²) in [5.41, 5.74) is 6.34. The van der Waals surface area contributed by atoms with Gasteiger partial charge in [-0.05, 0) is 59.5 Å². The second-order valence-corrected chi connectivity index (χ2v) is 7.93. The lowest BCUT2D eigenvalue weighted by molar-refractivity contribution is -0.119. The summed E-state index contributed by atoms with van der Waals surface area (Å²) in [5.74, 6) is 1.24. The molecule has 4 aromatic rings. The molecule has 2 aliphatic heterocycles. The average molecular weight is 404 g/mol. The van der Waals surface area contributed by atoms with Gasteiger partial charge in [-0.1, -0.05) is 42.5 Å². The maximum absolute atomic E-state index is 13.9. The molecule has 31 heavy (non-hydrogen) atoms. The number of rotatable bonds is 2. The minimum atomic E-state index is -0.369. The Kier molecular flexibility index (Phi) is 4.10. The summed E-state index contributed by atoms with van der Waals surface area (Å²) in [4.78, 5) is 19.9. The van der Waals surface area contributed by atoms with E-state index in [0.717, 1.165) is 45.9 Å². The van der Waals surface area contributed by atoms with Gasteiger partial charge in [0, 0.05) is 35.8 Å². The Labute approximate surface area is 180 Å². The third kappa shape index (κ3) is 2.91. The highest BCUT2D eigenvalue weighted by Gasteiger charge is 2.37. The first-order chi connectivity index (χ1) is 15.3. The van der Waals surface area contributed by atoms with Crippen molar-refractivity contribution >= 4 is 11.6 Å². The molecule has 3 aromatic carbocycles. The van der Waals surface area contributed by atoms with Crippen molar-refractivity contribution in [1.29, 1.82) is 0 Å². The molecule has 2 aliphatic rings. The molecule has 1 amide bonds. The Hall–Kier alpha value is -3.92. The quantitative estimate of drug-likeness (QED) is 0.438. The van der Waals surface area contributed by atoms with Crippen LogP contribution in [-0.2, 0) is 11.2 Å². The molecule has 4 heteroatoms. The zero-order valence-corrected chi connectivity index (χ0v) is 16.9. The molecule has 0 bridgehead atoms. The zero-order chi connectivity index (χ0) is 20.8. The summed E-state index contributed by atoms with van der Waals surface area (Å²) in [6.45, 7) is 0.690. The number of fused-ring (bicyclic) bond motifs is 3. The molecule has 0 spiro atoms. The molecular weight excluding hydrogens is 384 g/mol. The van der Waals surface area contributed by atoms with Gasteiger partial charge in [-0.2, -0.15) is 0 Å². The third-order valence-corrected chi connectivity index (χ3v) is 6.18. The van der Waals surface area contributed by atoms with Crippen LogP contribution in [0.15, 0.2) is 91.3 Å². The van der Waals surface area contributed by atoms with Crippen LogP contribution >= 0.6 is 0 Å². The number of para-hydroxylation sites is 2. The first-order valence-electron chi connectivity index (χ1n) is 10.5. The molecule has 4 nitrogen and oxygen atoms in total. The number of ether oxygens (including phenoxy) is 1. The Balaban J connectivity index is 1.40. The molecule has 3 heterocycles. The summed E-state index contributed by atoms with van der Waals surface area (Å²) in [7, 11) is 0. The molecule has 0 fully saturated rings. The van der Waals surface area contributed by atoms with E-state index in [9.17, 15) is 4.79 Å². The number of hydrogen-bond acceptors (Lipinski definition) is 3. The maximum atomic E-state index is 13.9. The Morgan fingerprint density at radius 3 is 2.23 bits per heavy atom. The van der Waals surface area contributed by atoms with Crippen molar-refractivity contribution in [2.75, 3.05) is 11.4 Å². The van der Waals surface area contributed by atoms with Crippen LogP contribution in [0.2, 0.25) is 0 Å². The monoisotopic (exact) mass is 404 g/mol. The van der Waals surface area contributed by atoms with Gasteiger partial charge in [-0.25, -0.2) is 0 Å². The van der Waals surface area contributed by atoms with Gasteiger partial charge in [-0.15, -0.1) is 0 Å². The van der Waals surface area contributed by atoms with Crippen LogP contribution in [0.25, 0.3) is 11.1 Å². The first-order valence-corrected chi connectivity index (χ1v) is 10.5. The van der Waals surface area contributed by atoms with E-state index in [2.05, 4.69) is 23.2 Å². The van der Waals surface area contributed by atoms with Crippen LogP contribution in [0, 0.1) is 0 Å². The Morgan fingerprint density at radius 2 is 1.52 bits per heavy atom. The van der Waals surface area contributed by atoms with Gasteiger partial charge in [0.05, 0.1) is 5.92 Å². The van der Waals surface area contributed by atoms with Gasteiger partial charge in [0.15, 0.2) is 0 Å². The number of aromatic nitrogens is 1. The van der Waals surface area contributed by atoms with Gasteiger partial charge >= 0.3 is 0 Å². The summed E-state index contributed by atoms with van der Waals surface area (Å²) in [5, 5.41) is 0. The summed E-state index contributed by atoms with van der Waals surface area (Å²) in [6, 6.07) is 26.1. The van der Waals surface area contributed by atoms with Gasteiger partial charge < -0.3 is 9.64 Å². The standard InChI is InChI=1S/C27H20N2O2/c30-27(26-21-5-1-3-7-24(21)31-25-8-4-2-6-22(25)26)29-16-13-20-17-19(9-10-23(20)29)18-11-14-28-15-12-18/h1-12,14-15,17,26H,13,16H2. The molecular formula is C27H20N2O2. The largest absolute Gasteiger partial charge is 0.457 e. The van der Waals surface area contributed by atoms with Gasteiger partial charge in [0.25, 0.3) is 0 Å². The van der Waals surface area contributed by atoms with Crippen molar-refractivity contribution in [2.24, 2.45) is 0 Å². The fourth-order valence-corrected chi connectivity index (χ4v) is 4.69. The van der Waals surface area contributed by atoms with E-state index >= 15 is 0 Å². The lowest BCUT2D eigenvalue weighted by atomic mass is 9.87. The second kappa shape index (κ2) is 7.10. The maximum Gasteiger partial charge on any atom is 0.239 e. The molecule has 0 aliphatic carbocycles. The number of carbonyl (C=O) groups excluding carboxylic acids is 1. The van der Waals surface area contributed by atoms with Crippen molar-refractivity contribution < 1.29 is 9.53 Å². The van der Waals surface area contributed by atoms with Crippen LogP contribution in [0.1, 0.15) is 22.6 Å². The molecule has 0 radical (unpaired) electrons. The molecule has 0 N–H and O–H groups in total. The topological polar surface area (TPSA) is 42.4 Å². The predicted octanol–water partition coefficient (Wildman–Crippen LogP) is 5.58. The highest BCUT2D eigenvalue weighted by Crippen LogP contribution is 2.46. The fraction of sp³-hybridized carbons (Fsp3) is 0.111. The first kappa shape index (κ1) is 17.9. The molecule has 0 saturated heterocycles. The number of benzene rings is 3. The number of carbonyl (C=O) groups is 1. The number of anilines is 1. The SMILES string of the molecule is O=C(C1c2ccccc2Oc2ccccc21)N1CCc2cc(-c3ccncc3)ccc21. The van der Waals surface area contributed by atoms with E-state index in [1.54, 1.807) is 12.4 Å². The van der Waals surface area contributed by atoms with E-state index in [1.807, 2.05) is 65.6 Å². The number of amides is 1. The van der Waals surface area contributed by atoms with Gasteiger partial charge in [0.2, 0.25) is 5.91 Å². The molecule has 150 valence electrons. The summed E-state index contributed by atoms with van der Waals surface area (Å²) < 4.78 is 6.08. The van der Waals surface area contributed by atoms with E-state index in [4.69, 9.17) is 4.74 Å². The predicted molar refractivity (Wildman–Crippen MR) is 121 cm³/mol. The number of pyridine rings is 1. The molecule has 1 aromatic heterocycles. The van der Waals surface area contributed by atoms with E-state index in [1.165, 1.54) is 5.56 Å². The molecule has 0 unspecified atom stereocenters. The van der Waals surface area contributed by atoms with Crippen molar-refractivity contribution in [3.05, 3.63) is 108 Å². The van der Waals surface area contributed by atoms with Crippen LogP contribution in [0.3, 0.4) is 0 Å². The van der Waals surface area contributed by atoms with E-state index < -0.39 is 0 Å². The molecule has 6 rings (SSSR count). The minimum Gasteiger partial charge on any atom is -0.457 e. The van der Waals surface area contributed by atoms with E-state index in [-0.39, 0.29) is 11.8 Å².